The van der Waals surface area contributed by atoms with Gasteiger partial charge >= 0.3 is 6.09 Å². The highest BCUT2D eigenvalue weighted by atomic mass is 35.5. The molecule has 1 amide bonds. The molecule has 4 heterocycles. The van der Waals surface area contributed by atoms with Gasteiger partial charge in [0, 0.05) is 73.7 Å². The summed E-state index contributed by atoms with van der Waals surface area (Å²) >= 11 is 6.25. The number of nitrogens with one attached hydrogen (secondary N) is 1. The summed E-state index contributed by atoms with van der Waals surface area (Å²) in [6.45, 7) is 8.72. The van der Waals surface area contributed by atoms with Gasteiger partial charge in [0.25, 0.3) is 0 Å². The third kappa shape index (κ3) is 5.55. The van der Waals surface area contributed by atoms with Gasteiger partial charge in [-0.2, -0.15) is 5.10 Å². The third-order valence-corrected chi connectivity index (χ3v) is 8.93. The molecule has 2 aromatic carbocycles. The van der Waals surface area contributed by atoms with Gasteiger partial charge in [0.1, 0.15) is 11.4 Å². The number of carbonyl (C=O) groups is 1. The molecule has 0 atom stereocenters. The zero-order valence-electron chi connectivity index (χ0n) is 24.1. The molecule has 0 unspecified atom stereocenters. The van der Waals surface area contributed by atoms with Crippen LogP contribution in [0.5, 0.6) is 0 Å². The Balaban J connectivity index is 1.11. The number of nitrogens with zero attached hydrogens (tertiary/aromatic N) is 8. The Bertz CT molecular complexity index is 1680. The van der Waals surface area contributed by atoms with Crippen LogP contribution < -0.4 is 5.32 Å². The van der Waals surface area contributed by atoms with E-state index in [1.54, 1.807) is 0 Å². The van der Waals surface area contributed by atoms with Crippen LogP contribution >= 0.6 is 11.6 Å². The lowest BCUT2D eigenvalue weighted by Gasteiger charge is -2.34. The minimum atomic E-state index is -0.968. The number of aryl methyl sites for hydroxylation is 1. The van der Waals surface area contributed by atoms with Gasteiger partial charge in [0.05, 0.1) is 24.1 Å². The predicted molar refractivity (Wildman–Crippen MR) is 164 cm³/mol. The van der Waals surface area contributed by atoms with Crippen LogP contribution in [0, 0.1) is 6.92 Å². The first-order chi connectivity index (χ1) is 20.9. The standard InChI is InChI=1S/C31H34ClN9O2/c1-21-36-37-29-31(8-9-31)35-28(22-2-5-25(32)6-3-22)26-18-23(4-7-27(26)41(21)29)24-19-34-40(20-24)17-16-39-14-12-38(13-15-39)11-10-33-30(42)43/h2-7,18-20,33H,8-17H2,1H3,(H,42,43). The van der Waals surface area contributed by atoms with E-state index in [2.05, 4.69) is 59.4 Å². The Morgan fingerprint density at radius 1 is 0.953 bits per heavy atom. The van der Waals surface area contributed by atoms with Crippen LogP contribution in [0.15, 0.2) is 59.9 Å². The van der Waals surface area contributed by atoms with Gasteiger partial charge in [-0.15, -0.1) is 10.2 Å². The second-order valence-corrected chi connectivity index (χ2v) is 12.0. The molecule has 3 aliphatic rings. The van der Waals surface area contributed by atoms with Crippen molar-refractivity contribution in [2.45, 2.75) is 31.8 Å². The van der Waals surface area contributed by atoms with Gasteiger partial charge < -0.3 is 10.4 Å². The summed E-state index contributed by atoms with van der Waals surface area (Å²) in [6.07, 6.45) is 4.98. The Kier molecular flexibility index (Phi) is 7.24. The van der Waals surface area contributed by atoms with Crippen molar-refractivity contribution in [3.05, 3.63) is 82.7 Å². The monoisotopic (exact) mass is 599 g/mol. The van der Waals surface area contributed by atoms with Crippen LogP contribution in [0.3, 0.4) is 0 Å². The molecule has 2 aromatic heterocycles. The molecule has 12 heteroatoms. The first kappa shape index (κ1) is 27.8. The van der Waals surface area contributed by atoms with E-state index in [-0.39, 0.29) is 5.54 Å². The maximum Gasteiger partial charge on any atom is 0.404 e. The molecular formula is C31H34ClN9O2. The normalized spacial score (nSPS) is 17.7. The van der Waals surface area contributed by atoms with E-state index in [4.69, 9.17) is 21.7 Å². The number of rotatable bonds is 8. The highest BCUT2D eigenvalue weighted by molar-refractivity contribution is 6.30. The molecule has 2 N–H and O–H groups in total. The number of halogens is 1. The van der Waals surface area contributed by atoms with Gasteiger partial charge in [-0.1, -0.05) is 29.8 Å². The van der Waals surface area contributed by atoms with E-state index in [9.17, 15) is 4.79 Å². The van der Waals surface area contributed by atoms with E-state index in [0.29, 0.717) is 11.6 Å². The summed E-state index contributed by atoms with van der Waals surface area (Å²) in [5.41, 5.74) is 5.83. The van der Waals surface area contributed by atoms with Crippen LogP contribution in [0.1, 0.15) is 35.6 Å². The number of hydrogen-bond acceptors (Lipinski definition) is 7. The SMILES string of the molecule is Cc1nnc2n1-c1ccc(-c3cnn(CCN4CCN(CCNC(=O)O)CC4)c3)cc1C(c1ccc(Cl)cc1)=NC21CC1. The van der Waals surface area contributed by atoms with Crippen molar-refractivity contribution in [1.29, 1.82) is 0 Å². The number of amides is 1. The van der Waals surface area contributed by atoms with E-state index in [0.717, 1.165) is 104 Å². The van der Waals surface area contributed by atoms with Gasteiger partial charge in [-0.05, 0) is 49.6 Å². The quantitative estimate of drug-likeness (QED) is 0.316. The fourth-order valence-electron chi connectivity index (χ4n) is 6.09. The number of benzene rings is 2. The van der Waals surface area contributed by atoms with Crippen molar-refractivity contribution in [3.8, 4) is 16.8 Å². The molecule has 11 nitrogen and oxygen atoms in total. The Labute approximate surface area is 254 Å². The fraction of sp³-hybridized carbons (Fsp3) is 0.387. The van der Waals surface area contributed by atoms with Crippen LogP contribution in [0.25, 0.3) is 16.8 Å². The van der Waals surface area contributed by atoms with E-state index < -0.39 is 6.09 Å². The second kappa shape index (κ2) is 11.2. The Hall–Kier alpha value is -4.06. The summed E-state index contributed by atoms with van der Waals surface area (Å²) < 4.78 is 4.18. The molecule has 2 fully saturated rings. The van der Waals surface area contributed by atoms with Gasteiger partial charge in [-0.3, -0.25) is 24.0 Å². The summed E-state index contributed by atoms with van der Waals surface area (Å²) in [6, 6.07) is 14.4. The molecule has 1 aliphatic carbocycles. The minimum Gasteiger partial charge on any atom is -0.465 e. The molecule has 1 spiro atoms. The summed E-state index contributed by atoms with van der Waals surface area (Å²) in [7, 11) is 0. The number of hydrogen-bond donors (Lipinski definition) is 2. The summed E-state index contributed by atoms with van der Waals surface area (Å²) in [5.74, 6) is 1.77. The molecule has 222 valence electrons. The zero-order valence-corrected chi connectivity index (χ0v) is 24.8. The number of fused-ring (bicyclic) bond motifs is 4. The molecule has 43 heavy (non-hydrogen) atoms. The largest absolute Gasteiger partial charge is 0.465 e. The minimum absolute atomic E-state index is 0.346. The molecule has 7 rings (SSSR count). The van der Waals surface area contributed by atoms with E-state index in [1.807, 2.05) is 42.1 Å². The molecule has 0 radical (unpaired) electrons. The van der Waals surface area contributed by atoms with Gasteiger partial charge in [-0.25, -0.2) is 4.79 Å². The molecular weight excluding hydrogens is 566 g/mol. The third-order valence-electron chi connectivity index (χ3n) is 8.68. The molecule has 4 aromatic rings. The van der Waals surface area contributed by atoms with Crippen molar-refractivity contribution in [3.63, 3.8) is 0 Å². The van der Waals surface area contributed by atoms with Gasteiger partial charge in [0.15, 0.2) is 5.82 Å². The smallest absolute Gasteiger partial charge is 0.404 e. The van der Waals surface area contributed by atoms with Crippen LogP contribution in [0.4, 0.5) is 4.79 Å². The fourth-order valence-corrected chi connectivity index (χ4v) is 6.22. The molecule has 1 saturated carbocycles. The molecule has 0 bridgehead atoms. The lowest BCUT2D eigenvalue weighted by Crippen LogP contribution is -2.49. The van der Waals surface area contributed by atoms with E-state index >= 15 is 0 Å². The average molecular weight is 600 g/mol. The van der Waals surface area contributed by atoms with E-state index in [1.165, 1.54) is 0 Å². The summed E-state index contributed by atoms with van der Waals surface area (Å²) in [5, 5.41) is 25.6. The highest BCUT2D eigenvalue weighted by Gasteiger charge is 2.51. The lowest BCUT2D eigenvalue weighted by atomic mass is 9.96. The first-order valence-electron chi connectivity index (χ1n) is 14.8. The topological polar surface area (TPSA) is 117 Å². The van der Waals surface area contributed by atoms with Crippen LogP contribution in [0.2, 0.25) is 5.02 Å². The van der Waals surface area contributed by atoms with Crippen molar-refractivity contribution in [2.75, 3.05) is 45.8 Å². The molecule has 1 saturated heterocycles. The Morgan fingerprint density at radius 3 is 2.40 bits per heavy atom. The Morgan fingerprint density at radius 2 is 1.67 bits per heavy atom. The summed E-state index contributed by atoms with van der Waals surface area (Å²) in [4.78, 5) is 20.8. The van der Waals surface area contributed by atoms with Crippen molar-refractivity contribution in [1.82, 2.24) is 39.7 Å². The highest BCUT2D eigenvalue weighted by Crippen LogP contribution is 2.51. The number of carboxylic acid groups (broad SMARTS) is 1. The van der Waals surface area contributed by atoms with Crippen LogP contribution in [-0.4, -0.2) is 97.1 Å². The number of aliphatic imine (C=N–C) groups is 1. The lowest BCUT2D eigenvalue weighted by molar-refractivity contribution is 0.128. The molecule has 2 aliphatic heterocycles. The number of aromatic nitrogens is 5. The number of piperazine rings is 1. The zero-order chi connectivity index (χ0) is 29.6. The van der Waals surface area contributed by atoms with Crippen molar-refractivity contribution < 1.29 is 9.90 Å². The second-order valence-electron chi connectivity index (χ2n) is 11.5. The van der Waals surface area contributed by atoms with Crippen molar-refractivity contribution in [2.24, 2.45) is 4.99 Å². The van der Waals surface area contributed by atoms with Crippen LogP contribution in [-0.2, 0) is 12.1 Å². The first-order valence-corrected chi connectivity index (χ1v) is 15.1. The average Bonchev–Trinajstić information content (AvgIpc) is 3.48. The maximum absolute atomic E-state index is 10.7. The van der Waals surface area contributed by atoms with Gasteiger partial charge in [0.2, 0.25) is 0 Å². The maximum atomic E-state index is 10.7. The van der Waals surface area contributed by atoms with Crippen molar-refractivity contribution >= 4 is 23.4 Å². The predicted octanol–water partition coefficient (Wildman–Crippen LogP) is 3.82.